The zero-order valence-electron chi connectivity index (χ0n) is 50.0. The Morgan fingerprint density at radius 3 is 0.816 bits per heavy atom. The lowest BCUT2D eigenvalue weighted by molar-refractivity contribution is -0.167. The van der Waals surface area contributed by atoms with Crippen molar-refractivity contribution in [1.29, 1.82) is 0 Å². The smallest absolute Gasteiger partial charge is 0.306 e. The molecule has 6 heteroatoms. The van der Waals surface area contributed by atoms with Crippen LogP contribution in [-0.4, -0.2) is 37.2 Å². The maximum atomic E-state index is 12.9. The summed E-state index contributed by atoms with van der Waals surface area (Å²) in [6.45, 7) is 6.42. The van der Waals surface area contributed by atoms with Gasteiger partial charge in [-0.1, -0.05) is 291 Å². The topological polar surface area (TPSA) is 78.9 Å². The fraction of sp³-hybridized carbons (Fsp3) is 0.729. The monoisotopic (exact) mass is 1060 g/mol. The molecule has 0 aromatic heterocycles. The predicted octanol–water partition coefficient (Wildman–Crippen LogP) is 22.0. The summed E-state index contributed by atoms with van der Waals surface area (Å²) in [5, 5.41) is 0. The number of carbonyl (C=O) groups excluding carboxylic acids is 3. The first-order valence-electron chi connectivity index (χ1n) is 32.2. The van der Waals surface area contributed by atoms with E-state index >= 15 is 0 Å². The van der Waals surface area contributed by atoms with E-state index in [9.17, 15) is 14.4 Å². The van der Waals surface area contributed by atoms with Gasteiger partial charge in [-0.15, -0.1) is 0 Å². The van der Waals surface area contributed by atoms with Gasteiger partial charge in [-0.3, -0.25) is 14.4 Å². The Balaban J connectivity index is 4.41. The molecule has 0 heterocycles. The maximum absolute atomic E-state index is 12.9. The number of unbranched alkanes of at least 4 members (excludes halogenated alkanes) is 31. The summed E-state index contributed by atoms with van der Waals surface area (Å²) < 4.78 is 16.9. The Labute approximate surface area is 470 Å². The van der Waals surface area contributed by atoms with E-state index < -0.39 is 6.10 Å². The van der Waals surface area contributed by atoms with Gasteiger partial charge in [-0.25, -0.2) is 0 Å². The SMILES string of the molecule is CC/C=C\C/C=C\C/C=C\C/C=C\C/C=C\CCCCCC(=O)OC(COC(=O)CCCCCCCCC/C=C\C/C=C\C/C=C\CC)COC(=O)CCCCCCCCCCCCCCCCCCCCCCCC. The second-order valence-electron chi connectivity index (χ2n) is 21.3. The van der Waals surface area contributed by atoms with Crippen molar-refractivity contribution in [3.05, 3.63) is 97.2 Å². The Bertz CT molecular complexity index is 1490. The van der Waals surface area contributed by atoms with Crippen molar-refractivity contribution >= 4 is 17.9 Å². The first kappa shape index (κ1) is 72.3. The lowest BCUT2D eigenvalue weighted by atomic mass is 10.0. The van der Waals surface area contributed by atoms with Crippen LogP contribution in [0.1, 0.15) is 310 Å². The van der Waals surface area contributed by atoms with E-state index in [-0.39, 0.29) is 37.5 Å². The highest BCUT2D eigenvalue weighted by Crippen LogP contribution is 2.17. The van der Waals surface area contributed by atoms with Crippen molar-refractivity contribution in [3.63, 3.8) is 0 Å². The van der Waals surface area contributed by atoms with Crippen LogP contribution in [0.2, 0.25) is 0 Å². The van der Waals surface area contributed by atoms with E-state index in [0.717, 1.165) is 122 Å². The van der Waals surface area contributed by atoms with E-state index in [2.05, 4.69) is 118 Å². The van der Waals surface area contributed by atoms with Crippen molar-refractivity contribution in [1.82, 2.24) is 0 Å². The molecule has 0 amide bonds. The normalized spacial score (nSPS) is 12.7. The fourth-order valence-corrected chi connectivity index (χ4v) is 9.07. The van der Waals surface area contributed by atoms with Gasteiger partial charge >= 0.3 is 17.9 Å². The third kappa shape index (κ3) is 61.2. The number of hydrogen-bond donors (Lipinski definition) is 0. The van der Waals surface area contributed by atoms with E-state index in [4.69, 9.17) is 14.2 Å². The summed E-state index contributed by atoms with van der Waals surface area (Å²) >= 11 is 0. The molecule has 0 saturated carbocycles. The Kier molecular flexibility index (Phi) is 60.8. The lowest BCUT2D eigenvalue weighted by Crippen LogP contribution is -2.30. The minimum absolute atomic E-state index is 0.0922. The van der Waals surface area contributed by atoms with Crippen LogP contribution in [-0.2, 0) is 28.6 Å². The molecule has 0 bridgehead atoms. The second kappa shape index (κ2) is 63.9. The van der Waals surface area contributed by atoms with Gasteiger partial charge in [0.25, 0.3) is 0 Å². The maximum Gasteiger partial charge on any atom is 0.306 e. The van der Waals surface area contributed by atoms with Crippen molar-refractivity contribution in [3.8, 4) is 0 Å². The molecule has 0 rings (SSSR count). The highest BCUT2D eigenvalue weighted by Gasteiger charge is 2.19. The molecule has 0 N–H and O–H groups in total. The molecule has 0 saturated heterocycles. The number of ether oxygens (including phenoxy) is 3. The fourth-order valence-electron chi connectivity index (χ4n) is 9.07. The molecule has 6 nitrogen and oxygen atoms in total. The molecular formula is C70H120O6. The average Bonchev–Trinajstić information content (AvgIpc) is 3.42. The summed E-state index contributed by atoms with van der Waals surface area (Å²) in [6.07, 6.45) is 85.6. The van der Waals surface area contributed by atoms with E-state index in [1.54, 1.807) is 0 Å². The highest BCUT2D eigenvalue weighted by atomic mass is 16.6. The van der Waals surface area contributed by atoms with Gasteiger partial charge in [0.1, 0.15) is 13.2 Å². The molecule has 0 aromatic carbocycles. The molecule has 0 aromatic rings. The van der Waals surface area contributed by atoms with Gasteiger partial charge in [0.15, 0.2) is 6.10 Å². The van der Waals surface area contributed by atoms with Crippen molar-refractivity contribution in [2.75, 3.05) is 13.2 Å². The van der Waals surface area contributed by atoms with Gasteiger partial charge in [-0.2, -0.15) is 0 Å². The van der Waals surface area contributed by atoms with Crippen LogP contribution < -0.4 is 0 Å². The standard InChI is InChI=1S/C70H120O6/c1-4-7-10-13-16-19-22-25-28-31-33-34-35-37-39-42-45-48-51-54-57-60-63-69(72)75-66-67(65-74-68(71)62-59-56-53-50-47-44-41-38-30-27-24-21-18-15-12-9-6-3)76-70(73)64-61-58-55-52-49-46-43-40-36-32-29-26-23-20-17-14-11-8-5-2/h8-9,11-12,17-18,20-21,26-27,29-30,36,40,46,49,67H,4-7,10,13-16,19,22-25,28,31-35,37-39,41-45,47-48,50-66H2,1-3H3/b11-8-,12-9-,20-17-,21-18-,29-26-,30-27-,40-36-,49-46-. The zero-order valence-corrected chi connectivity index (χ0v) is 50.0. The summed E-state index contributed by atoms with van der Waals surface area (Å²) in [5.74, 6) is -0.923. The van der Waals surface area contributed by atoms with Crippen molar-refractivity contribution in [2.45, 2.75) is 316 Å². The molecule has 76 heavy (non-hydrogen) atoms. The molecule has 1 unspecified atom stereocenters. The molecule has 436 valence electrons. The Hall–Kier alpha value is -3.67. The largest absolute Gasteiger partial charge is 0.462 e. The van der Waals surface area contributed by atoms with Crippen LogP contribution in [0.3, 0.4) is 0 Å². The third-order valence-electron chi connectivity index (χ3n) is 13.8. The minimum atomic E-state index is -0.800. The van der Waals surface area contributed by atoms with Gasteiger partial charge < -0.3 is 14.2 Å². The third-order valence-corrected chi connectivity index (χ3v) is 13.8. The molecule has 0 aliphatic carbocycles. The van der Waals surface area contributed by atoms with Crippen LogP contribution in [0, 0.1) is 0 Å². The number of allylic oxidation sites excluding steroid dienone is 16. The molecule has 0 aliphatic rings. The summed E-state index contributed by atoms with van der Waals surface area (Å²) in [6, 6.07) is 0. The summed E-state index contributed by atoms with van der Waals surface area (Å²) in [7, 11) is 0. The van der Waals surface area contributed by atoms with Crippen LogP contribution in [0.5, 0.6) is 0 Å². The highest BCUT2D eigenvalue weighted by molar-refractivity contribution is 5.71. The van der Waals surface area contributed by atoms with Crippen molar-refractivity contribution < 1.29 is 28.6 Å². The van der Waals surface area contributed by atoms with E-state index in [1.165, 1.54) is 148 Å². The van der Waals surface area contributed by atoms with E-state index in [1.807, 2.05) is 0 Å². The zero-order chi connectivity index (χ0) is 55.0. The first-order valence-corrected chi connectivity index (χ1v) is 32.2. The van der Waals surface area contributed by atoms with Crippen LogP contribution in [0.25, 0.3) is 0 Å². The van der Waals surface area contributed by atoms with Gasteiger partial charge in [0.2, 0.25) is 0 Å². The van der Waals surface area contributed by atoms with Crippen LogP contribution >= 0.6 is 0 Å². The van der Waals surface area contributed by atoms with E-state index in [0.29, 0.717) is 12.8 Å². The molecule has 0 radical (unpaired) electrons. The lowest BCUT2D eigenvalue weighted by Gasteiger charge is -2.18. The average molecular weight is 1060 g/mol. The minimum Gasteiger partial charge on any atom is -0.462 e. The molecular weight excluding hydrogens is 937 g/mol. The number of hydrogen-bond acceptors (Lipinski definition) is 6. The predicted molar refractivity (Wildman–Crippen MR) is 330 cm³/mol. The quantitative estimate of drug-likeness (QED) is 0.0261. The van der Waals surface area contributed by atoms with Crippen LogP contribution in [0.4, 0.5) is 0 Å². The number of esters is 3. The summed E-state index contributed by atoms with van der Waals surface area (Å²) in [4.78, 5) is 38.3. The molecule has 0 fully saturated rings. The molecule has 0 spiro atoms. The van der Waals surface area contributed by atoms with Gasteiger partial charge in [0, 0.05) is 19.3 Å². The second-order valence-corrected chi connectivity index (χ2v) is 21.3. The molecule has 0 aliphatic heterocycles. The first-order chi connectivity index (χ1) is 37.5. The Morgan fingerprint density at radius 1 is 0.276 bits per heavy atom. The number of carbonyl (C=O) groups is 3. The molecule has 1 atom stereocenters. The Morgan fingerprint density at radius 2 is 0.513 bits per heavy atom. The summed E-state index contributed by atoms with van der Waals surface area (Å²) in [5.41, 5.74) is 0. The van der Waals surface area contributed by atoms with Crippen molar-refractivity contribution in [2.24, 2.45) is 0 Å². The van der Waals surface area contributed by atoms with Gasteiger partial charge in [-0.05, 0) is 96.3 Å². The van der Waals surface area contributed by atoms with Crippen LogP contribution in [0.15, 0.2) is 97.2 Å². The number of rotatable bonds is 58. The van der Waals surface area contributed by atoms with Gasteiger partial charge in [0.05, 0.1) is 0 Å².